The summed E-state index contributed by atoms with van der Waals surface area (Å²) < 4.78 is 11.0. The smallest absolute Gasteiger partial charge is 0.163 e. The number of aliphatic hydroxyl groups excluding tert-OH is 1. The Labute approximate surface area is 73.7 Å². The summed E-state index contributed by atoms with van der Waals surface area (Å²) in [6.45, 7) is 8.48. The van der Waals surface area contributed by atoms with Crippen molar-refractivity contribution in [2.45, 2.75) is 39.6 Å². The van der Waals surface area contributed by atoms with Crippen molar-refractivity contribution in [3.8, 4) is 0 Å². The molecular weight excluding hydrogens is 156 g/mol. The minimum absolute atomic E-state index is 0.0553. The van der Waals surface area contributed by atoms with Gasteiger partial charge in [-0.3, -0.25) is 0 Å². The molecule has 1 aliphatic rings. The molecule has 1 aliphatic heterocycles. The molecule has 0 bridgehead atoms. The van der Waals surface area contributed by atoms with Crippen molar-refractivity contribution in [1.82, 2.24) is 0 Å². The molecule has 3 heteroatoms. The Morgan fingerprint density at radius 3 is 2.33 bits per heavy atom. The summed E-state index contributed by atoms with van der Waals surface area (Å²) >= 11 is 0. The average Bonchev–Trinajstić information content (AvgIpc) is 1.95. The van der Waals surface area contributed by atoms with Crippen molar-refractivity contribution in [2.24, 2.45) is 5.41 Å². The van der Waals surface area contributed by atoms with Crippen LogP contribution in [-0.4, -0.2) is 30.2 Å². The molecular formula is C9H18O3. The van der Waals surface area contributed by atoms with E-state index >= 15 is 0 Å². The molecule has 72 valence electrons. The summed E-state index contributed by atoms with van der Waals surface area (Å²) in [5.41, 5.74) is -0.0930. The Kier molecular flexibility index (Phi) is 2.47. The van der Waals surface area contributed by atoms with Gasteiger partial charge in [0.05, 0.1) is 19.3 Å². The van der Waals surface area contributed by atoms with E-state index in [9.17, 15) is 0 Å². The van der Waals surface area contributed by atoms with Gasteiger partial charge in [-0.1, -0.05) is 13.8 Å². The highest BCUT2D eigenvalue weighted by atomic mass is 16.7. The Bertz CT molecular complexity index is 163. The van der Waals surface area contributed by atoms with Gasteiger partial charge in [-0.15, -0.1) is 0 Å². The minimum Gasteiger partial charge on any atom is -0.394 e. The molecule has 0 unspecified atom stereocenters. The zero-order valence-electron chi connectivity index (χ0n) is 8.26. The number of hydrogen-bond donors (Lipinski definition) is 1. The lowest BCUT2D eigenvalue weighted by molar-refractivity contribution is -0.316. The van der Waals surface area contributed by atoms with E-state index in [0.29, 0.717) is 6.61 Å². The van der Waals surface area contributed by atoms with E-state index in [-0.39, 0.29) is 18.1 Å². The van der Waals surface area contributed by atoms with E-state index in [2.05, 4.69) is 0 Å². The van der Waals surface area contributed by atoms with Gasteiger partial charge in [-0.05, 0) is 13.8 Å². The van der Waals surface area contributed by atoms with Crippen molar-refractivity contribution in [3.05, 3.63) is 0 Å². The van der Waals surface area contributed by atoms with Crippen LogP contribution in [0.2, 0.25) is 0 Å². The minimum atomic E-state index is -0.553. The predicted molar refractivity (Wildman–Crippen MR) is 45.8 cm³/mol. The van der Waals surface area contributed by atoms with Crippen molar-refractivity contribution < 1.29 is 14.6 Å². The highest BCUT2D eigenvalue weighted by Gasteiger charge is 2.41. The van der Waals surface area contributed by atoms with Gasteiger partial charge in [0.2, 0.25) is 0 Å². The third-order valence-electron chi connectivity index (χ3n) is 2.26. The second-order valence-electron chi connectivity index (χ2n) is 4.47. The van der Waals surface area contributed by atoms with Gasteiger partial charge in [0.25, 0.3) is 0 Å². The van der Waals surface area contributed by atoms with Gasteiger partial charge in [-0.2, -0.15) is 0 Å². The van der Waals surface area contributed by atoms with Crippen LogP contribution in [0.1, 0.15) is 27.7 Å². The van der Waals surface area contributed by atoms with E-state index < -0.39 is 5.79 Å². The second kappa shape index (κ2) is 2.98. The third kappa shape index (κ3) is 1.97. The van der Waals surface area contributed by atoms with Crippen LogP contribution in [-0.2, 0) is 9.47 Å². The molecule has 1 heterocycles. The van der Waals surface area contributed by atoms with Crippen molar-refractivity contribution >= 4 is 0 Å². The quantitative estimate of drug-likeness (QED) is 0.648. The fourth-order valence-corrected chi connectivity index (χ4v) is 1.27. The molecule has 0 radical (unpaired) electrons. The molecule has 0 saturated carbocycles. The van der Waals surface area contributed by atoms with E-state index in [4.69, 9.17) is 14.6 Å². The molecule has 1 saturated heterocycles. The topological polar surface area (TPSA) is 38.7 Å². The Morgan fingerprint density at radius 1 is 1.33 bits per heavy atom. The maximum absolute atomic E-state index is 9.08. The predicted octanol–water partition coefficient (Wildman–Crippen LogP) is 1.16. The van der Waals surface area contributed by atoms with Crippen molar-refractivity contribution in [2.75, 3.05) is 13.2 Å². The first-order valence-corrected chi connectivity index (χ1v) is 4.30. The first kappa shape index (κ1) is 9.96. The molecule has 0 aromatic rings. The van der Waals surface area contributed by atoms with Crippen LogP contribution in [0.15, 0.2) is 0 Å². The molecule has 0 aromatic heterocycles. The van der Waals surface area contributed by atoms with Crippen LogP contribution in [0.25, 0.3) is 0 Å². The lowest BCUT2D eigenvalue weighted by atomic mass is 9.86. The fourth-order valence-electron chi connectivity index (χ4n) is 1.27. The third-order valence-corrected chi connectivity index (χ3v) is 2.26. The molecule has 1 fully saturated rings. The van der Waals surface area contributed by atoms with Gasteiger partial charge in [0.1, 0.15) is 0 Å². The first-order valence-electron chi connectivity index (χ1n) is 4.30. The lowest BCUT2D eigenvalue weighted by Gasteiger charge is -2.45. The molecule has 0 amide bonds. The standard InChI is InChI=1S/C9H18O3/c1-8(2)6-11-9(3,4)12-7(8)5-10/h7,10H,5-6H2,1-4H3/t7-/m0/s1. The molecule has 0 aliphatic carbocycles. The maximum atomic E-state index is 9.08. The van der Waals surface area contributed by atoms with Crippen LogP contribution in [0.5, 0.6) is 0 Å². The first-order chi connectivity index (χ1) is 5.37. The fraction of sp³-hybridized carbons (Fsp3) is 1.00. The van der Waals surface area contributed by atoms with E-state index in [1.165, 1.54) is 0 Å². The molecule has 1 rings (SSSR count). The van der Waals surface area contributed by atoms with Crippen LogP contribution < -0.4 is 0 Å². The monoisotopic (exact) mass is 174 g/mol. The van der Waals surface area contributed by atoms with Gasteiger partial charge in [0.15, 0.2) is 5.79 Å². The SMILES string of the molecule is CC1(C)OCC(C)(C)[C@H](CO)O1. The molecule has 1 N–H and O–H groups in total. The summed E-state index contributed by atoms with van der Waals surface area (Å²) in [4.78, 5) is 0. The van der Waals surface area contributed by atoms with Crippen LogP contribution >= 0.6 is 0 Å². The molecule has 12 heavy (non-hydrogen) atoms. The van der Waals surface area contributed by atoms with Gasteiger partial charge in [-0.25, -0.2) is 0 Å². The Balaban J connectivity index is 2.67. The molecule has 3 nitrogen and oxygen atoms in total. The van der Waals surface area contributed by atoms with Crippen molar-refractivity contribution in [1.29, 1.82) is 0 Å². The van der Waals surface area contributed by atoms with Crippen LogP contribution in [0.4, 0.5) is 0 Å². The summed E-state index contributed by atoms with van der Waals surface area (Å²) in [5, 5.41) is 9.08. The normalized spacial score (nSPS) is 33.2. The summed E-state index contributed by atoms with van der Waals surface area (Å²) in [6, 6.07) is 0. The van der Waals surface area contributed by atoms with Gasteiger partial charge in [0, 0.05) is 5.41 Å². The maximum Gasteiger partial charge on any atom is 0.163 e. The Hall–Kier alpha value is -0.120. The molecule has 0 spiro atoms. The zero-order chi connectivity index (χ0) is 9.41. The molecule has 1 atom stereocenters. The Morgan fingerprint density at radius 2 is 1.92 bits per heavy atom. The van der Waals surface area contributed by atoms with E-state index in [0.717, 1.165) is 0 Å². The average molecular weight is 174 g/mol. The molecule has 0 aromatic carbocycles. The second-order valence-corrected chi connectivity index (χ2v) is 4.47. The van der Waals surface area contributed by atoms with Crippen molar-refractivity contribution in [3.63, 3.8) is 0 Å². The number of rotatable bonds is 1. The van der Waals surface area contributed by atoms with Crippen LogP contribution in [0.3, 0.4) is 0 Å². The number of aliphatic hydroxyl groups is 1. The van der Waals surface area contributed by atoms with Gasteiger partial charge < -0.3 is 14.6 Å². The number of ether oxygens (including phenoxy) is 2. The van der Waals surface area contributed by atoms with E-state index in [1.807, 2.05) is 27.7 Å². The summed E-state index contributed by atoms with van der Waals surface area (Å²) in [6.07, 6.45) is -0.124. The zero-order valence-corrected chi connectivity index (χ0v) is 8.26. The lowest BCUT2D eigenvalue weighted by Crippen LogP contribution is -2.51. The van der Waals surface area contributed by atoms with Crippen LogP contribution in [0, 0.1) is 5.41 Å². The largest absolute Gasteiger partial charge is 0.394 e. The summed E-state index contributed by atoms with van der Waals surface area (Å²) in [5.74, 6) is -0.553. The highest BCUT2D eigenvalue weighted by Crippen LogP contribution is 2.34. The highest BCUT2D eigenvalue weighted by molar-refractivity contribution is 4.84. The number of hydrogen-bond acceptors (Lipinski definition) is 3. The summed E-state index contributed by atoms with van der Waals surface area (Å²) in [7, 11) is 0. The van der Waals surface area contributed by atoms with Gasteiger partial charge >= 0.3 is 0 Å². The van der Waals surface area contributed by atoms with E-state index in [1.54, 1.807) is 0 Å².